The predicted molar refractivity (Wildman–Crippen MR) is 239 cm³/mol. The predicted octanol–water partition coefficient (Wildman–Crippen LogP) is 11.7. The number of nitrogens with one attached hydrogen (secondary N) is 2. The molecule has 0 unspecified atom stereocenters. The highest BCUT2D eigenvalue weighted by Gasteiger charge is 2.22. The molecule has 0 bridgehead atoms. The second-order valence-corrected chi connectivity index (χ2v) is 16.7. The number of carbonyl (C=O) groups is 3. The Bertz CT molecular complexity index is 823. The zero-order valence-corrected chi connectivity index (χ0v) is 38.0. The minimum atomic E-state index is -0.677. The topological polar surface area (TPSA) is 117 Å². The van der Waals surface area contributed by atoms with Gasteiger partial charge in [0.25, 0.3) is 0 Å². The zero-order valence-electron chi connectivity index (χ0n) is 38.0. The summed E-state index contributed by atoms with van der Waals surface area (Å²) in [7, 11) is 0. The van der Waals surface area contributed by atoms with Crippen molar-refractivity contribution in [2.45, 2.75) is 245 Å². The summed E-state index contributed by atoms with van der Waals surface area (Å²) in [5.41, 5.74) is 0. The molecule has 0 aliphatic carbocycles. The molecule has 1 amide bonds. The summed E-state index contributed by atoms with van der Waals surface area (Å²) >= 11 is 0. The summed E-state index contributed by atoms with van der Waals surface area (Å²) in [6.07, 6.45) is 41.2. The Labute approximate surface area is 352 Å². The van der Waals surface area contributed by atoms with Gasteiger partial charge < -0.3 is 19.9 Å². The lowest BCUT2D eigenvalue weighted by Gasteiger charge is -2.22. The lowest BCUT2D eigenvalue weighted by Crippen LogP contribution is -2.45. The van der Waals surface area contributed by atoms with Crippen LogP contribution in [0.15, 0.2) is 0 Å². The quantitative estimate of drug-likeness (QED) is 0.0316. The first kappa shape index (κ1) is 55.3. The summed E-state index contributed by atoms with van der Waals surface area (Å²) in [6, 6.07) is -0.677. The van der Waals surface area contributed by atoms with Crippen LogP contribution in [0.2, 0.25) is 0 Å². The lowest BCUT2D eigenvalue weighted by atomic mass is 10.0. The third-order valence-corrected chi connectivity index (χ3v) is 11.2. The minimum Gasteiger partial charge on any atom is -0.466 e. The average molecular weight is 810 g/mol. The Hall–Kier alpha value is -1.71. The van der Waals surface area contributed by atoms with E-state index in [1.807, 2.05) is 11.8 Å². The van der Waals surface area contributed by atoms with E-state index in [1.54, 1.807) is 0 Å². The number of esters is 2. The summed E-state index contributed by atoms with van der Waals surface area (Å²) in [6.45, 7) is 9.08. The molecule has 0 heterocycles. The molecular weight excluding hydrogens is 715 g/mol. The first-order chi connectivity index (χ1) is 28.0. The molecule has 0 atom stereocenters. The molecule has 0 aromatic heterocycles. The van der Waals surface area contributed by atoms with Crippen molar-refractivity contribution in [1.29, 1.82) is 0 Å². The van der Waals surface area contributed by atoms with E-state index in [9.17, 15) is 14.4 Å². The second kappa shape index (κ2) is 45.4. The van der Waals surface area contributed by atoms with Gasteiger partial charge in [-0.05, 0) is 19.4 Å². The van der Waals surface area contributed by atoms with Crippen molar-refractivity contribution in [3.63, 3.8) is 0 Å². The van der Waals surface area contributed by atoms with Crippen molar-refractivity contribution in [3.05, 3.63) is 0 Å². The molecule has 9 heteroatoms. The number of hydrogen-bond acceptors (Lipinski definition) is 8. The molecule has 0 radical (unpaired) electrons. The SMILES string of the molecule is CCCCCCCCCCCCCCCCCCOC(=O)CC(CC(=O)OCCCCCCCCCCCCCCCCCC)NC(=O)CN(CC)CCNCO. The van der Waals surface area contributed by atoms with Crippen LogP contribution in [-0.4, -0.2) is 80.0 Å². The largest absolute Gasteiger partial charge is 0.466 e. The number of amides is 1. The Morgan fingerprint density at radius 2 is 0.807 bits per heavy atom. The fourth-order valence-electron chi connectivity index (χ4n) is 7.51. The number of rotatable bonds is 46. The number of ether oxygens (including phenoxy) is 2. The van der Waals surface area contributed by atoms with Crippen LogP contribution in [0, 0.1) is 0 Å². The van der Waals surface area contributed by atoms with Gasteiger partial charge in [0.1, 0.15) is 0 Å². The maximum Gasteiger partial charge on any atom is 0.307 e. The number of likely N-dealkylation sites (N-methyl/N-ethyl adjacent to an activating group) is 1. The Morgan fingerprint density at radius 3 is 1.11 bits per heavy atom. The van der Waals surface area contributed by atoms with Crippen LogP contribution in [-0.2, 0) is 23.9 Å². The molecular formula is C48H95N3O6. The third-order valence-electron chi connectivity index (χ3n) is 11.2. The Kier molecular flexibility index (Phi) is 44.0. The molecule has 0 rings (SSSR count). The zero-order chi connectivity index (χ0) is 41.7. The van der Waals surface area contributed by atoms with E-state index >= 15 is 0 Å². The lowest BCUT2D eigenvalue weighted by molar-refractivity contribution is -0.146. The molecule has 9 nitrogen and oxygen atoms in total. The number of aliphatic hydroxyl groups is 1. The minimum absolute atomic E-state index is 0.0586. The molecule has 0 fully saturated rings. The van der Waals surface area contributed by atoms with Gasteiger partial charge in [0.15, 0.2) is 0 Å². The van der Waals surface area contributed by atoms with Gasteiger partial charge in [0.05, 0.1) is 39.3 Å². The monoisotopic (exact) mass is 810 g/mol. The summed E-state index contributed by atoms with van der Waals surface area (Å²) in [4.78, 5) is 40.5. The first-order valence-electron chi connectivity index (χ1n) is 24.6. The molecule has 0 saturated carbocycles. The highest BCUT2D eigenvalue weighted by molar-refractivity contribution is 5.81. The van der Waals surface area contributed by atoms with Crippen LogP contribution in [0.4, 0.5) is 0 Å². The molecule has 0 aliphatic heterocycles. The highest BCUT2D eigenvalue weighted by atomic mass is 16.5. The number of aliphatic hydroxyl groups excluding tert-OH is 1. The Balaban J connectivity index is 4.26. The fraction of sp³-hybridized carbons (Fsp3) is 0.938. The van der Waals surface area contributed by atoms with Gasteiger partial charge in [0.2, 0.25) is 5.91 Å². The Morgan fingerprint density at radius 1 is 0.491 bits per heavy atom. The van der Waals surface area contributed by atoms with Crippen molar-refractivity contribution < 1.29 is 29.0 Å². The first-order valence-corrected chi connectivity index (χ1v) is 24.6. The van der Waals surface area contributed by atoms with E-state index in [2.05, 4.69) is 24.5 Å². The number of hydrogen-bond donors (Lipinski definition) is 3. The van der Waals surface area contributed by atoms with Gasteiger partial charge in [-0.25, -0.2) is 0 Å². The molecule has 3 N–H and O–H groups in total. The maximum absolute atomic E-state index is 12.9. The van der Waals surface area contributed by atoms with Crippen molar-refractivity contribution in [2.75, 3.05) is 46.1 Å². The van der Waals surface area contributed by atoms with E-state index in [0.29, 0.717) is 32.8 Å². The van der Waals surface area contributed by atoms with E-state index in [-0.39, 0.29) is 32.0 Å². The molecule has 0 aromatic rings. The standard InChI is InChI=1S/C48H95N3O6/c1-4-7-9-11-13-15-17-19-21-23-25-27-29-31-33-35-39-56-47(54)41-45(50-46(53)43-51(6-3)38-37-49-44-52)42-48(55)57-40-36-34-32-30-28-26-24-22-20-18-16-14-12-10-8-5-2/h45,49,52H,4-44H2,1-3H3,(H,50,53). The summed E-state index contributed by atoms with van der Waals surface area (Å²) in [5.74, 6) is -1.04. The normalized spacial score (nSPS) is 11.5. The molecule has 57 heavy (non-hydrogen) atoms. The van der Waals surface area contributed by atoms with Gasteiger partial charge in [-0.15, -0.1) is 0 Å². The van der Waals surface area contributed by atoms with Crippen molar-refractivity contribution >= 4 is 17.8 Å². The highest BCUT2D eigenvalue weighted by Crippen LogP contribution is 2.16. The average Bonchev–Trinajstić information content (AvgIpc) is 3.19. The molecule has 0 aromatic carbocycles. The van der Waals surface area contributed by atoms with Gasteiger partial charge in [0, 0.05) is 19.1 Å². The van der Waals surface area contributed by atoms with E-state index < -0.39 is 18.0 Å². The van der Waals surface area contributed by atoms with E-state index in [4.69, 9.17) is 14.6 Å². The van der Waals surface area contributed by atoms with Crippen LogP contribution >= 0.6 is 0 Å². The van der Waals surface area contributed by atoms with Crippen molar-refractivity contribution in [1.82, 2.24) is 15.5 Å². The van der Waals surface area contributed by atoms with Crippen molar-refractivity contribution in [2.24, 2.45) is 0 Å². The van der Waals surface area contributed by atoms with Crippen LogP contribution in [0.1, 0.15) is 239 Å². The number of unbranched alkanes of at least 4 members (excludes halogenated alkanes) is 30. The van der Waals surface area contributed by atoms with Gasteiger partial charge in [-0.2, -0.15) is 0 Å². The van der Waals surface area contributed by atoms with Crippen LogP contribution < -0.4 is 10.6 Å². The van der Waals surface area contributed by atoms with Crippen LogP contribution in [0.3, 0.4) is 0 Å². The van der Waals surface area contributed by atoms with Crippen LogP contribution in [0.5, 0.6) is 0 Å². The van der Waals surface area contributed by atoms with Crippen molar-refractivity contribution in [3.8, 4) is 0 Å². The number of nitrogens with zero attached hydrogens (tertiary/aromatic N) is 1. The maximum atomic E-state index is 12.9. The van der Waals surface area contributed by atoms with Gasteiger partial charge >= 0.3 is 11.9 Å². The molecule has 0 aliphatic rings. The summed E-state index contributed by atoms with van der Waals surface area (Å²) in [5, 5.41) is 14.8. The van der Waals surface area contributed by atoms with E-state index in [1.165, 1.54) is 167 Å². The van der Waals surface area contributed by atoms with E-state index in [0.717, 1.165) is 38.5 Å². The molecule has 0 spiro atoms. The summed E-state index contributed by atoms with van der Waals surface area (Å²) < 4.78 is 11.1. The molecule has 338 valence electrons. The van der Waals surface area contributed by atoms with Gasteiger partial charge in [-0.1, -0.05) is 213 Å². The number of carbonyl (C=O) groups excluding carboxylic acids is 3. The second-order valence-electron chi connectivity index (χ2n) is 16.7. The third kappa shape index (κ3) is 42.2. The smallest absolute Gasteiger partial charge is 0.307 e. The molecule has 0 saturated heterocycles. The van der Waals surface area contributed by atoms with Gasteiger partial charge in [-0.3, -0.25) is 24.6 Å². The fourth-order valence-corrected chi connectivity index (χ4v) is 7.51. The van der Waals surface area contributed by atoms with Crippen LogP contribution in [0.25, 0.3) is 0 Å².